The highest BCUT2D eigenvalue weighted by atomic mass is 35.5. The van der Waals surface area contributed by atoms with Gasteiger partial charge in [0, 0.05) is 12.0 Å². The summed E-state index contributed by atoms with van der Waals surface area (Å²) in [6.07, 6.45) is 3.44. The second kappa shape index (κ2) is 7.46. The molecule has 4 N–H and O–H groups in total. The predicted molar refractivity (Wildman–Crippen MR) is 64.3 cm³/mol. The number of likely N-dealkylation sites (N-methyl/N-ethyl adjacent to an activating group) is 1. The Balaban J connectivity index is 0.00000225. The van der Waals surface area contributed by atoms with Gasteiger partial charge >= 0.3 is 0 Å². The molecule has 0 aromatic rings. The molecule has 0 aromatic carbocycles. The topological polar surface area (TPSA) is 84.2 Å². The van der Waals surface area contributed by atoms with Crippen molar-refractivity contribution in [3.8, 4) is 0 Å². The zero-order chi connectivity index (χ0) is 11.3. The van der Waals surface area contributed by atoms with E-state index in [-0.39, 0.29) is 36.2 Å². The molecule has 16 heavy (non-hydrogen) atoms. The fraction of sp³-hybridized carbons (Fsp3) is 0.800. The number of hydrogen-bond acceptors (Lipinski definition) is 3. The van der Waals surface area contributed by atoms with Crippen LogP contribution in [0.1, 0.15) is 25.7 Å². The smallest absolute Gasteiger partial charge is 0.234 e. The number of amides is 2. The second-order valence-corrected chi connectivity index (χ2v) is 4.06. The molecule has 0 aliphatic heterocycles. The van der Waals surface area contributed by atoms with E-state index in [1.165, 1.54) is 0 Å². The van der Waals surface area contributed by atoms with Crippen molar-refractivity contribution < 1.29 is 9.59 Å². The Hall–Kier alpha value is -0.810. The Labute approximate surface area is 102 Å². The minimum atomic E-state index is -0.248. The maximum absolute atomic E-state index is 11.3. The molecule has 94 valence electrons. The van der Waals surface area contributed by atoms with Crippen LogP contribution in [0, 0.1) is 5.92 Å². The average molecular weight is 250 g/mol. The molecule has 0 spiro atoms. The summed E-state index contributed by atoms with van der Waals surface area (Å²) in [5.41, 5.74) is 5.25. The van der Waals surface area contributed by atoms with Gasteiger partial charge in [0.25, 0.3) is 0 Å². The van der Waals surface area contributed by atoms with E-state index in [2.05, 4.69) is 10.6 Å². The molecular formula is C10H20ClN3O2. The number of halogens is 1. The zero-order valence-electron chi connectivity index (χ0n) is 9.49. The van der Waals surface area contributed by atoms with Crippen LogP contribution in [0.5, 0.6) is 0 Å². The van der Waals surface area contributed by atoms with Gasteiger partial charge < -0.3 is 16.4 Å². The lowest BCUT2D eigenvalue weighted by molar-refractivity contribution is -0.125. The van der Waals surface area contributed by atoms with Crippen LogP contribution < -0.4 is 16.4 Å². The first-order valence-corrected chi connectivity index (χ1v) is 5.36. The molecule has 5 nitrogen and oxygen atoms in total. The number of nitrogens with one attached hydrogen (secondary N) is 2. The Morgan fingerprint density at radius 2 is 2.06 bits per heavy atom. The molecule has 2 unspecified atom stereocenters. The van der Waals surface area contributed by atoms with Crippen molar-refractivity contribution in [3.05, 3.63) is 0 Å². The van der Waals surface area contributed by atoms with Gasteiger partial charge in [-0.1, -0.05) is 6.42 Å². The predicted octanol–water partition coefficient (Wildman–Crippen LogP) is -0.212. The van der Waals surface area contributed by atoms with Crippen LogP contribution in [-0.2, 0) is 9.59 Å². The van der Waals surface area contributed by atoms with E-state index in [0.29, 0.717) is 13.0 Å². The fourth-order valence-corrected chi connectivity index (χ4v) is 2.02. The molecule has 1 aliphatic carbocycles. The van der Waals surface area contributed by atoms with E-state index < -0.39 is 0 Å². The highest BCUT2D eigenvalue weighted by molar-refractivity contribution is 5.85. The molecule has 1 saturated carbocycles. The van der Waals surface area contributed by atoms with E-state index in [9.17, 15) is 9.59 Å². The van der Waals surface area contributed by atoms with Crippen molar-refractivity contribution in [1.82, 2.24) is 10.6 Å². The van der Waals surface area contributed by atoms with Crippen molar-refractivity contribution in [2.45, 2.75) is 31.7 Å². The summed E-state index contributed by atoms with van der Waals surface area (Å²) in [5.74, 6) is -0.339. The minimum Gasteiger partial charge on any atom is -0.369 e. The molecule has 0 radical (unpaired) electrons. The molecule has 2 atom stereocenters. The van der Waals surface area contributed by atoms with Gasteiger partial charge in [0.05, 0.1) is 6.54 Å². The third-order valence-corrected chi connectivity index (χ3v) is 2.78. The Bertz CT molecular complexity index is 248. The standard InChI is InChI=1S/C10H19N3O2.ClH/c1-12-6-9(14)13-8-4-2-3-7(5-8)10(11)15;/h7-8,12H,2-6H2,1H3,(H2,11,15)(H,13,14);1H. The molecule has 0 heterocycles. The number of primary amides is 1. The van der Waals surface area contributed by atoms with E-state index in [4.69, 9.17) is 5.73 Å². The first-order chi connectivity index (χ1) is 7.13. The van der Waals surface area contributed by atoms with Gasteiger partial charge in [-0.15, -0.1) is 12.4 Å². The van der Waals surface area contributed by atoms with Gasteiger partial charge in [-0.2, -0.15) is 0 Å². The Kier molecular flexibility index (Phi) is 7.08. The van der Waals surface area contributed by atoms with Crippen LogP contribution in [0.3, 0.4) is 0 Å². The summed E-state index contributed by atoms with van der Waals surface area (Å²) in [7, 11) is 1.73. The van der Waals surface area contributed by atoms with Gasteiger partial charge in [0.15, 0.2) is 0 Å². The molecule has 0 aromatic heterocycles. The van der Waals surface area contributed by atoms with Gasteiger partial charge in [0.2, 0.25) is 11.8 Å². The van der Waals surface area contributed by atoms with Crippen molar-refractivity contribution in [2.75, 3.05) is 13.6 Å². The summed E-state index contributed by atoms with van der Waals surface area (Å²) < 4.78 is 0. The van der Waals surface area contributed by atoms with Crippen molar-refractivity contribution in [1.29, 1.82) is 0 Å². The first kappa shape index (κ1) is 15.2. The van der Waals surface area contributed by atoms with Gasteiger partial charge in [-0.3, -0.25) is 9.59 Å². The lowest BCUT2D eigenvalue weighted by Gasteiger charge is -2.27. The summed E-state index contributed by atoms with van der Waals surface area (Å²) >= 11 is 0. The van der Waals surface area contributed by atoms with Gasteiger partial charge in [0.1, 0.15) is 0 Å². The van der Waals surface area contributed by atoms with Crippen LogP contribution >= 0.6 is 12.4 Å². The van der Waals surface area contributed by atoms with Crippen molar-refractivity contribution in [3.63, 3.8) is 0 Å². The third-order valence-electron chi connectivity index (χ3n) is 2.78. The highest BCUT2D eigenvalue weighted by Crippen LogP contribution is 2.23. The first-order valence-electron chi connectivity index (χ1n) is 5.36. The summed E-state index contributed by atoms with van der Waals surface area (Å²) in [4.78, 5) is 22.3. The van der Waals surface area contributed by atoms with E-state index in [1.54, 1.807) is 7.05 Å². The number of hydrogen-bond donors (Lipinski definition) is 3. The Morgan fingerprint density at radius 3 is 2.62 bits per heavy atom. The summed E-state index contributed by atoms with van der Waals surface area (Å²) in [6.45, 7) is 0.317. The molecule has 1 aliphatic rings. The molecular weight excluding hydrogens is 230 g/mol. The molecule has 1 rings (SSSR count). The van der Waals surface area contributed by atoms with E-state index in [1.807, 2.05) is 0 Å². The normalized spacial score (nSPS) is 24.3. The largest absolute Gasteiger partial charge is 0.369 e. The van der Waals surface area contributed by atoms with Crippen LogP contribution in [0.15, 0.2) is 0 Å². The van der Waals surface area contributed by atoms with Crippen LogP contribution in [0.25, 0.3) is 0 Å². The molecule has 2 amide bonds. The second-order valence-electron chi connectivity index (χ2n) is 4.06. The number of nitrogens with two attached hydrogens (primary N) is 1. The van der Waals surface area contributed by atoms with Crippen molar-refractivity contribution >= 4 is 24.2 Å². The fourth-order valence-electron chi connectivity index (χ4n) is 2.02. The molecule has 1 fully saturated rings. The lowest BCUT2D eigenvalue weighted by atomic mass is 9.85. The SMILES string of the molecule is CNCC(=O)NC1CCCC(C(N)=O)C1.Cl. The van der Waals surface area contributed by atoms with Crippen LogP contribution in [-0.4, -0.2) is 31.4 Å². The number of carbonyl (C=O) groups is 2. The quantitative estimate of drug-likeness (QED) is 0.645. The minimum absolute atomic E-state index is 0. The monoisotopic (exact) mass is 249 g/mol. The Morgan fingerprint density at radius 1 is 1.38 bits per heavy atom. The van der Waals surface area contributed by atoms with Crippen LogP contribution in [0.2, 0.25) is 0 Å². The van der Waals surface area contributed by atoms with E-state index >= 15 is 0 Å². The third kappa shape index (κ3) is 4.81. The molecule has 0 saturated heterocycles. The lowest BCUT2D eigenvalue weighted by Crippen LogP contribution is -2.43. The molecule has 0 bridgehead atoms. The van der Waals surface area contributed by atoms with Gasteiger partial charge in [-0.05, 0) is 26.3 Å². The highest BCUT2D eigenvalue weighted by Gasteiger charge is 2.26. The maximum Gasteiger partial charge on any atom is 0.234 e. The summed E-state index contributed by atoms with van der Waals surface area (Å²) in [6, 6.07) is 0.108. The maximum atomic E-state index is 11.3. The molecule has 6 heteroatoms. The van der Waals surface area contributed by atoms with Gasteiger partial charge in [-0.25, -0.2) is 0 Å². The van der Waals surface area contributed by atoms with Crippen molar-refractivity contribution in [2.24, 2.45) is 11.7 Å². The average Bonchev–Trinajstić information content (AvgIpc) is 2.18. The summed E-state index contributed by atoms with van der Waals surface area (Å²) in [5, 5.41) is 5.68. The van der Waals surface area contributed by atoms with E-state index in [0.717, 1.165) is 19.3 Å². The van der Waals surface area contributed by atoms with Crippen LogP contribution in [0.4, 0.5) is 0 Å². The number of rotatable bonds is 4. The zero-order valence-corrected chi connectivity index (χ0v) is 10.3. The number of carbonyl (C=O) groups excluding carboxylic acids is 2.